The number of aliphatic hydroxyl groups excluding tert-OH is 1. The van der Waals surface area contributed by atoms with Gasteiger partial charge in [-0.15, -0.1) is 0 Å². The van der Waals surface area contributed by atoms with E-state index in [1.54, 1.807) is 12.1 Å². The third-order valence-electron chi connectivity index (χ3n) is 5.86. The lowest BCUT2D eigenvalue weighted by molar-refractivity contribution is -0.116. The fraction of sp³-hybridized carbons (Fsp3) is 0.545. The Labute approximate surface area is 166 Å². The van der Waals surface area contributed by atoms with E-state index in [4.69, 9.17) is 11.6 Å². The molecule has 1 aromatic carbocycles. The Morgan fingerprint density at radius 1 is 1.22 bits per heavy atom. The van der Waals surface area contributed by atoms with Crippen LogP contribution in [0.4, 0.5) is 5.69 Å². The van der Waals surface area contributed by atoms with E-state index < -0.39 is 6.04 Å². The van der Waals surface area contributed by atoms with Crippen LogP contribution in [0.15, 0.2) is 35.6 Å². The summed E-state index contributed by atoms with van der Waals surface area (Å²) in [5.41, 5.74) is 1.28. The molecule has 5 heteroatoms. The zero-order valence-corrected chi connectivity index (χ0v) is 16.6. The molecule has 27 heavy (non-hydrogen) atoms. The predicted molar refractivity (Wildman–Crippen MR) is 108 cm³/mol. The Balaban J connectivity index is 2.03. The van der Waals surface area contributed by atoms with Crippen molar-refractivity contribution >= 4 is 29.4 Å². The molecule has 0 saturated heterocycles. The summed E-state index contributed by atoms with van der Waals surface area (Å²) >= 11 is 6.04. The summed E-state index contributed by atoms with van der Waals surface area (Å²) < 4.78 is 0. The summed E-state index contributed by atoms with van der Waals surface area (Å²) in [6, 6.07) is 6.24. The molecule has 1 saturated carbocycles. The van der Waals surface area contributed by atoms with Crippen LogP contribution in [0.25, 0.3) is 0 Å². The molecule has 2 unspecified atom stereocenters. The first-order chi connectivity index (χ1) is 13.1. The van der Waals surface area contributed by atoms with Crippen LogP contribution in [0.3, 0.4) is 0 Å². The number of Topliss-reactive ketones (excluding diaryl/α,β-unsaturated/α-hetero) is 1. The lowest BCUT2D eigenvalue weighted by Gasteiger charge is -2.38. The first-order valence-electron chi connectivity index (χ1n) is 10.0. The average molecular weight is 390 g/mol. The highest BCUT2D eigenvalue weighted by molar-refractivity contribution is 6.30. The first kappa shape index (κ1) is 19.9. The van der Waals surface area contributed by atoms with Gasteiger partial charge in [0.1, 0.15) is 18.1 Å². The summed E-state index contributed by atoms with van der Waals surface area (Å²) in [6.07, 6.45) is 8.36. The number of benzene rings is 1. The minimum atomic E-state index is -0.807. The van der Waals surface area contributed by atoms with Gasteiger partial charge in [0.15, 0.2) is 5.78 Å². The molecule has 1 fully saturated rings. The molecule has 0 bridgehead atoms. The number of hydrogen-bond acceptors (Lipinski definition) is 4. The van der Waals surface area contributed by atoms with Crippen molar-refractivity contribution in [3.63, 3.8) is 0 Å². The van der Waals surface area contributed by atoms with E-state index in [2.05, 4.69) is 0 Å². The lowest BCUT2D eigenvalue weighted by atomic mass is 9.79. The molecule has 0 spiro atoms. The van der Waals surface area contributed by atoms with E-state index in [1.807, 2.05) is 24.0 Å². The summed E-state index contributed by atoms with van der Waals surface area (Å²) in [4.78, 5) is 26.8. The Hall–Kier alpha value is -1.81. The summed E-state index contributed by atoms with van der Waals surface area (Å²) in [5, 5.41) is 11.5. The van der Waals surface area contributed by atoms with Crippen molar-refractivity contribution in [3.8, 4) is 0 Å². The van der Waals surface area contributed by atoms with Gasteiger partial charge in [-0.1, -0.05) is 44.2 Å². The largest absolute Gasteiger partial charge is 0.509 e. The van der Waals surface area contributed by atoms with Crippen LogP contribution in [0.5, 0.6) is 0 Å². The van der Waals surface area contributed by atoms with Gasteiger partial charge in [0.2, 0.25) is 0 Å². The molecule has 1 aromatic rings. The predicted octanol–water partition coefficient (Wildman–Crippen LogP) is 5.25. The number of hydrogen-bond donors (Lipinski definition) is 1. The number of halogens is 1. The number of aliphatic hydroxyl groups is 1. The number of nitrogens with zero attached hydrogens (tertiary/aromatic N) is 1. The summed E-state index contributed by atoms with van der Waals surface area (Å²) in [7, 11) is 0. The van der Waals surface area contributed by atoms with Gasteiger partial charge >= 0.3 is 0 Å². The molecule has 1 N–H and O–H groups in total. The Bertz CT molecular complexity index is 707. The van der Waals surface area contributed by atoms with Gasteiger partial charge in [0.25, 0.3) is 0 Å². The van der Waals surface area contributed by atoms with Crippen molar-refractivity contribution in [1.82, 2.24) is 0 Å². The van der Waals surface area contributed by atoms with Crippen LogP contribution in [0.2, 0.25) is 5.02 Å². The quantitative estimate of drug-likeness (QED) is 0.647. The van der Waals surface area contributed by atoms with E-state index in [9.17, 15) is 14.7 Å². The molecule has 0 aromatic heterocycles. The molecule has 0 radical (unpaired) electrons. The van der Waals surface area contributed by atoms with Gasteiger partial charge in [-0.05, 0) is 49.4 Å². The van der Waals surface area contributed by atoms with Gasteiger partial charge < -0.3 is 14.8 Å². The maximum atomic E-state index is 13.0. The first-order valence-corrected chi connectivity index (χ1v) is 10.4. The highest BCUT2D eigenvalue weighted by Crippen LogP contribution is 2.42. The van der Waals surface area contributed by atoms with Gasteiger partial charge in [-0.25, -0.2) is 0 Å². The molecule has 1 aliphatic heterocycles. The van der Waals surface area contributed by atoms with Gasteiger partial charge in [-0.3, -0.25) is 4.79 Å². The van der Waals surface area contributed by atoms with Crippen molar-refractivity contribution in [2.24, 2.45) is 5.92 Å². The normalized spacial score (nSPS) is 23.7. The molecule has 2 atom stereocenters. The van der Waals surface area contributed by atoms with Crippen LogP contribution in [-0.2, 0) is 9.59 Å². The maximum absolute atomic E-state index is 13.0. The van der Waals surface area contributed by atoms with Crippen LogP contribution in [0.1, 0.15) is 58.3 Å². The van der Waals surface area contributed by atoms with Crippen molar-refractivity contribution in [2.75, 3.05) is 4.90 Å². The van der Waals surface area contributed by atoms with Crippen LogP contribution in [0, 0.1) is 5.92 Å². The Kier molecular flexibility index (Phi) is 6.59. The molecule has 1 heterocycles. The topological polar surface area (TPSA) is 57.6 Å². The van der Waals surface area contributed by atoms with Gasteiger partial charge in [-0.2, -0.15) is 0 Å². The minimum absolute atomic E-state index is 0.0202. The van der Waals surface area contributed by atoms with Crippen molar-refractivity contribution < 1.29 is 14.7 Å². The van der Waals surface area contributed by atoms with Gasteiger partial charge in [0, 0.05) is 17.1 Å². The number of anilines is 1. The van der Waals surface area contributed by atoms with E-state index in [1.165, 1.54) is 6.42 Å². The number of carbonyl (C=O) groups excluding carboxylic acids is 2. The molecule has 0 amide bonds. The highest BCUT2D eigenvalue weighted by Gasteiger charge is 2.46. The molecular weight excluding hydrogens is 362 g/mol. The number of unbranched alkanes of at least 4 members (excludes halogenated alkanes) is 1. The number of aldehydes is 1. The Morgan fingerprint density at radius 3 is 2.48 bits per heavy atom. The van der Waals surface area contributed by atoms with Crippen molar-refractivity contribution in [2.45, 2.75) is 70.4 Å². The summed E-state index contributed by atoms with van der Waals surface area (Å²) in [6.45, 7) is 2.04. The molecule has 146 valence electrons. The van der Waals surface area contributed by atoms with Gasteiger partial charge in [0.05, 0.1) is 11.6 Å². The highest BCUT2D eigenvalue weighted by atomic mass is 35.5. The summed E-state index contributed by atoms with van der Waals surface area (Å²) in [5.74, 6) is 0.187. The third kappa shape index (κ3) is 4.06. The van der Waals surface area contributed by atoms with Crippen LogP contribution < -0.4 is 4.90 Å². The van der Waals surface area contributed by atoms with E-state index in [0.717, 1.165) is 50.5 Å². The SMILES string of the molecule is CCCCC(=O)C1=C(O)C(C=O)N(c2ccc(Cl)cc2)C1C1CCCCC1. The van der Waals surface area contributed by atoms with E-state index >= 15 is 0 Å². The number of rotatable bonds is 7. The fourth-order valence-electron chi connectivity index (χ4n) is 4.51. The third-order valence-corrected chi connectivity index (χ3v) is 6.11. The zero-order chi connectivity index (χ0) is 19.4. The van der Waals surface area contributed by atoms with Crippen LogP contribution in [-0.4, -0.2) is 29.3 Å². The average Bonchev–Trinajstić information content (AvgIpc) is 2.99. The van der Waals surface area contributed by atoms with E-state index in [0.29, 0.717) is 17.0 Å². The standard InChI is InChI=1S/C22H28ClNO3/c1-2-3-9-19(26)20-21(15-7-5-4-6-8-15)24(18(14-25)22(20)27)17-12-10-16(23)11-13-17/h10-15,18,21,27H,2-9H2,1H3. The number of ketones is 1. The Morgan fingerprint density at radius 2 is 1.89 bits per heavy atom. The van der Waals surface area contributed by atoms with E-state index in [-0.39, 0.29) is 23.5 Å². The van der Waals surface area contributed by atoms with Crippen LogP contribution >= 0.6 is 11.6 Å². The monoisotopic (exact) mass is 389 g/mol. The molecule has 3 rings (SSSR count). The fourth-order valence-corrected chi connectivity index (χ4v) is 4.64. The minimum Gasteiger partial charge on any atom is -0.509 e. The zero-order valence-electron chi connectivity index (χ0n) is 15.9. The van der Waals surface area contributed by atoms with Crippen molar-refractivity contribution in [3.05, 3.63) is 40.6 Å². The second kappa shape index (κ2) is 8.92. The lowest BCUT2D eigenvalue weighted by Crippen LogP contribution is -2.45. The molecular formula is C22H28ClNO3. The maximum Gasteiger partial charge on any atom is 0.164 e. The second-order valence-electron chi connectivity index (χ2n) is 7.63. The molecule has 4 nitrogen and oxygen atoms in total. The number of carbonyl (C=O) groups is 2. The molecule has 2 aliphatic rings. The smallest absolute Gasteiger partial charge is 0.164 e. The second-order valence-corrected chi connectivity index (χ2v) is 8.07. The molecule has 1 aliphatic carbocycles. The van der Waals surface area contributed by atoms with Crippen molar-refractivity contribution in [1.29, 1.82) is 0 Å².